The van der Waals surface area contributed by atoms with Gasteiger partial charge in [-0.1, -0.05) is 75.4 Å². The van der Waals surface area contributed by atoms with Crippen LogP contribution in [0.2, 0.25) is 0 Å². The van der Waals surface area contributed by atoms with E-state index in [1.165, 1.54) is 5.56 Å². The van der Waals surface area contributed by atoms with Gasteiger partial charge in [-0.3, -0.25) is 10.1 Å². The molecule has 1 N–H and O–H groups in total. The number of ether oxygens (including phenoxy) is 2. The predicted octanol–water partition coefficient (Wildman–Crippen LogP) is 6.86. The normalized spacial score (nSPS) is 18.3. The number of carbonyl (C=O) groups excluding carboxylic acids is 1. The Labute approximate surface area is 228 Å². The molecular weight excluding hydrogens is 472 g/mol. The Bertz CT molecular complexity index is 1250. The smallest absolute Gasteiger partial charge is 0.265 e. The molecule has 202 valence electrons. The number of hydrogen-bond donors (Lipinski definition) is 1. The Morgan fingerprint density at radius 2 is 1.74 bits per heavy atom. The van der Waals surface area contributed by atoms with E-state index in [1.54, 1.807) is 7.11 Å². The average molecular weight is 515 g/mol. The van der Waals surface area contributed by atoms with E-state index in [4.69, 9.17) is 9.47 Å². The zero-order valence-electron chi connectivity index (χ0n) is 23.9. The van der Waals surface area contributed by atoms with Gasteiger partial charge >= 0.3 is 0 Å². The van der Waals surface area contributed by atoms with Crippen molar-refractivity contribution in [3.8, 4) is 11.5 Å². The van der Waals surface area contributed by atoms with Crippen LogP contribution in [-0.2, 0) is 16.8 Å². The Morgan fingerprint density at radius 1 is 1.00 bits per heavy atom. The lowest BCUT2D eigenvalue weighted by Crippen LogP contribution is -2.49. The van der Waals surface area contributed by atoms with Crippen molar-refractivity contribution in [2.24, 2.45) is 0 Å². The molecule has 1 aliphatic rings. The van der Waals surface area contributed by atoms with E-state index >= 15 is 0 Å². The van der Waals surface area contributed by atoms with Gasteiger partial charge in [-0.05, 0) is 73.4 Å². The molecule has 0 bridgehead atoms. The van der Waals surface area contributed by atoms with E-state index in [0.717, 1.165) is 46.6 Å². The molecule has 5 nitrogen and oxygen atoms in total. The number of carbonyl (C=O) groups is 1. The van der Waals surface area contributed by atoms with Crippen molar-refractivity contribution in [1.82, 2.24) is 10.2 Å². The molecular formula is C33H42N2O3. The van der Waals surface area contributed by atoms with Gasteiger partial charge in [-0.25, -0.2) is 0 Å². The molecule has 5 heteroatoms. The summed E-state index contributed by atoms with van der Waals surface area (Å²) in [4.78, 5) is 16.0. The highest BCUT2D eigenvalue weighted by atomic mass is 16.5. The molecule has 3 aromatic carbocycles. The SMILES string of the molecule is COc1ccc(C(C)(C)C)cc1CNC1CCC(c2ccccc2)N1C(=O)C(C)Oc1cccc(C)c1C. The topological polar surface area (TPSA) is 50.8 Å². The van der Waals surface area contributed by atoms with Crippen LogP contribution < -0.4 is 14.8 Å². The predicted molar refractivity (Wildman–Crippen MR) is 154 cm³/mol. The zero-order chi connectivity index (χ0) is 27.4. The number of nitrogens with one attached hydrogen (secondary N) is 1. The second-order valence-corrected chi connectivity index (χ2v) is 11.4. The minimum Gasteiger partial charge on any atom is -0.496 e. The summed E-state index contributed by atoms with van der Waals surface area (Å²) in [5, 5.41) is 3.69. The van der Waals surface area contributed by atoms with Crippen LogP contribution in [0.25, 0.3) is 0 Å². The highest BCUT2D eigenvalue weighted by Crippen LogP contribution is 2.37. The van der Waals surface area contributed by atoms with Gasteiger partial charge in [0.25, 0.3) is 5.91 Å². The standard InChI is InChI=1S/C33H42N2O3/c1-22-12-11-15-29(23(22)2)38-24(3)32(36)35-28(25-13-9-8-10-14-25)17-19-31(35)34-21-26-20-27(33(4,5)6)16-18-30(26)37-7/h8-16,18,20,24,28,31,34H,17,19,21H2,1-7H3. The minimum atomic E-state index is -0.608. The van der Waals surface area contributed by atoms with Gasteiger partial charge in [0.05, 0.1) is 19.3 Å². The van der Waals surface area contributed by atoms with Crippen LogP contribution in [0.5, 0.6) is 11.5 Å². The fraction of sp³-hybridized carbons (Fsp3) is 0.424. The summed E-state index contributed by atoms with van der Waals surface area (Å²) >= 11 is 0. The van der Waals surface area contributed by atoms with Crippen LogP contribution in [-0.4, -0.2) is 30.2 Å². The van der Waals surface area contributed by atoms with Crippen LogP contribution in [0.1, 0.15) is 74.4 Å². The molecule has 1 aliphatic heterocycles. The number of aryl methyl sites for hydroxylation is 1. The number of hydrogen-bond acceptors (Lipinski definition) is 4. The molecule has 0 radical (unpaired) electrons. The Kier molecular flexibility index (Phi) is 8.47. The largest absolute Gasteiger partial charge is 0.496 e. The van der Waals surface area contributed by atoms with Gasteiger partial charge in [-0.15, -0.1) is 0 Å². The first-order chi connectivity index (χ1) is 18.1. The molecule has 1 fully saturated rings. The third-order valence-corrected chi connectivity index (χ3v) is 7.70. The maximum absolute atomic E-state index is 14.0. The molecule has 0 spiro atoms. The van der Waals surface area contributed by atoms with E-state index in [0.29, 0.717) is 6.54 Å². The van der Waals surface area contributed by atoms with E-state index in [9.17, 15) is 4.79 Å². The molecule has 3 aromatic rings. The van der Waals surface area contributed by atoms with Crippen LogP contribution in [0.15, 0.2) is 66.7 Å². The fourth-order valence-electron chi connectivity index (χ4n) is 5.23. The van der Waals surface area contributed by atoms with Crippen LogP contribution >= 0.6 is 0 Å². The molecule has 0 aliphatic carbocycles. The first-order valence-electron chi connectivity index (χ1n) is 13.6. The van der Waals surface area contributed by atoms with Crippen LogP contribution in [0, 0.1) is 13.8 Å². The number of nitrogens with zero attached hydrogens (tertiary/aromatic N) is 1. The van der Waals surface area contributed by atoms with Crippen molar-refractivity contribution < 1.29 is 14.3 Å². The number of rotatable bonds is 8. The summed E-state index contributed by atoms with van der Waals surface area (Å²) in [5.41, 5.74) is 5.75. The first kappa shape index (κ1) is 27.7. The molecule has 1 amide bonds. The summed E-state index contributed by atoms with van der Waals surface area (Å²) < 4.78 is 11.9. The van der Waals surface area contributed by atoms with Gasteiger partial charge in [0.1, 0.15) is 11.5 Å². The van der Waals surface area contributed by atoms with Gasteiger partial charge < -0.3 is 14.4 Å². The molecule has 1 saturated heterocycles. The van der Waals surface area contributed by atoms with E-state index in [1.807, 2.05) is 55.1 Å². The molecule has 3 atom stereocenters. The van der Waals surface area contributed by atoms with Gasteiger partial charge in [-0.2, -0.15) is 0 Å². The molecule has 0 saturated carbocycles. The third kappa shape index (κ3) is 6.05. The monoisotopic (exact) mass is 514 g/mol. The second-order valence-electron chi connectivity index (χ2n) is 11.4. The van der Waals surface area contributed by atoms with Crippen molar-refractivity contribution >= 4 is 5.91 Å². The van der Waals surface area contributed by atoms with Gasteiger partial charge in [0.2, 0.25) is 0 Å². The number of likely N-dealkylation sites (tertiary alicyclic amines) is 1. The molecule has 38 heavy (non-hydrogen) atoms. The van der Waals surface area contributed by atoms with Gasteiger partial charge in [0.15, 0.2) is 6.10 Å². The van der Waals surface area contributed by atoms with E-state index in [-0.39, 0.29) is 23.5 Å². The van der Waals surface area contributed by atoms with Crippen molar-refractivity contribution in [2.45, 2.75) is 84.7 Å². The summed E-state index contributed by atoms with van der Waals surface area (Å²) in [7, 11) is 1.71. The number of benzene rings is 3. The second kappa shape index (κ2) is 11.6. The van der Waals surface area contributed by atoms with Crippen LogP contribution in [0.3, 0.4) is 0 Å². The summed E-state index contributed by atoms with van der Waals surface area (Å²) in [6, 6.07) is 22.7. The highest BCUT2D eigenvalue weighted by molar-refractivity contribution is 5.82. The molecule has 4 rings (SSSR count). The lowest BCUT2D eigenvalue weighted by atomic mass is 9.86. The lowest BCUT2D eigenvalue weighted by molar-refractivity contribution is -0.141. The Hall–Kier alpha value is -3.31. The summed E-state index contributed by atoms with van der Waals surface area (Å²) in [6.45, 7) is 13.2. The maximum Gasteiger partial charge on any atom is 0.265 e. The minimum absolute atomic E-state index is 0.00587. The van der Waals surface area contributed by atoms with Crippen molar-refractivity contribution in [3.63, 3.8) is 0 Å². The number of amides is 1. The summed E-state index contributed by atoms with van der Waals surface area (Å²) in [5.74, 6) is 1.60. The fourth-order valence-corrected chi connectivity index (χ4v) is 5.23. The van der Waals surface area contributed by atoms with Crippen LogP contribution in [0.4, 0.5) is 0 Å². The van der Waals surface area contributed by atoms with Crippen molar-refractivity contribution in [2.75, 3.05) is 7.11 Å². The van der Waals surface area contributed by atoms with Crippen molar-refractivity contribution in [1.29, 1.82) is 0 Å². The van der Waals surface area contributed by atoms with Crippen molar-refractivity contribution in [3.05, 3.63) is 94.5 Å². The average Bonchev–Trinajstić information content (AvgIpc) is 3.33. The zero-order valence-corrected chi connectivity index (χ0v) is 23.9. The summed E-state index contributed by atoms with van der Waals surface area (Å²) in [6.07, 6.45) is 1.04. The quantitative estimate of drug-likeness (QED) is 0.357. The molecule has 3 unspecified atom stereocenters. The third-order valence-electron chi connectivity index (χ3n) is 7.70. The maximum atomic E-state index is 14.0. The molecule has 1 heterocycles. The Balaban J connectivity index is 1.59. The van der Waals surface area contributed by atoms with E-state index < -0.39 is 6.10 Å². The number of methoxy groups -OCH3 is 1. The lowest BCUT2D eigenvalue weighted by Gasteiger charge is -2.33. The highest BCUT2D eigenvalue weighted by Gasteiger charge is 2.40. The molecule has 0 aromatic heterocycles. The van der Waals surface area contributed by atoms with E-state index in [2.05, 4.69) is 63.3 Å². The first-order valence-corrected chi connectivity index (χ1v) is 13.6. The Morgan fingerprint density at radius 3 is 2.42 bits per heavy atom. The van der Waals surface area contributed by atoms with Gasteiger partial charge in [0, 0.05) is 12.1 Å².